The minimum absolute atomic E-state index is 0.0148. The zero-order valence-corrected chi connectivity index (χ0v) is 21.0. The van der Waals surface area contributed by atoms with E-state index in [1.165, 1.54) is 0 Å². The van der Waals surface area contributed by atoms with Crippen LogP contribution in [0.3, 0.4) is 0 Å². The van der Waals surface area contributed by atoms with Crippen LogP contribution in [0.2, 0.25) is 0 Å². The summed E-state index contributed by atoms with van der Waals surface area (Å²) in [6.45, 7) is 19.3. The molecule has 0 aliphatic heterocycles. The number of sulfonamides is 1. The second-order valence-corrected chi connectivity index (χ2v) is 12.6. The van der Waals surface area contributed by atoms with E-state index >= 15 is 0 Å². The van der Waals surface area contributed by atoms with Gasteiger partial charge in [0.05, 0.1) is 5.25 Å². The van der Waals surface area contributed by atoms with Crippen LogP contribution in [-0.2, 0) is 14.8 Å². The summed E-state index contributed by atoms with van der Waals surface area (Å²) in [4.78, 5) is 14.8. The summed E-state index contributed by atoms with van der Waals surface area (Å²) >= 11 is 0. The van der Waals surface area contributed by atoms with Gasteiger partial charge in [0.1, 0.15) is 0 Å². The topological polar surface area (TPSA) is 78.5 Å². The SMILES string of the molecule is CC(CNS(=O)(=O)C(C)C)c1ccc(NC(=O)CCN(C(C)(C)C)C(C)(C)C)cc1. The molecule has 0 heterocycles. The van der Waals surface area contributed by atoms with Crippen molar-refractivity contribution in [1.82, 2.24) is 9.62 Å². The first kappa shape index (κ1) is 26.6. The number of rotatable bonds is 9. The van der Waals surface area contributed by atoms with Gasteiger partial charge < -0.3 is 5.32 Å². The van der Waals surface area contributed by atoms with E-state index < -0.39 is 15.3 Å². The van der Waals surface area contributed by atoms with Gasteiger partial charge in [0.15, 0.2) is 0 Å². The second-order valence-electron chi connectivity index (χ2n) is 10.3. The third-order valence-electron chi connectivity index (χ3n) is 5.16. The molecule has 0 aliphatic carbocycles. The Morgan fingerprint density at radius 1 is 0.967 bits per heavy atom. The van der Waals surface area contributed by atoms with Crippen LogP contribution in [0, 0.1) is 0 Å². The number of nitrogens with zero attached hydrogens (tertiary/aromatic N) is 1. The monoisotopic (exact) mass is 439 g/mol. The maximum absolute atomic E-state index is 12.5. The molecule has 1 aromatic carbocycles. The lowest BCUT2D eigenvalue weighted by atomic mass is 9.95. The predicted octanol–water partition coefficient (Wildman–Crippen LogP) is 4.35. The average Bonchev–Trinajstić information content (AvgIpc) is 2.58. The van der Waals surface area contributed by atoms with Crippen LogP contribution in [0.25, 0.3) is 0 Å². The Hall–Kier alpha value is -1.44. The summed E-state index contributed by atoms with van der Waals surface area (Å²) < 4.78 is 26.5. The van der Waals surface area contributed by atoms with E-state index in [4.69, 9.17) is 0 Å². The van der Waals surface area contributed by atoms with Crippen LogP contribution in [0.5, 0.6) is 0 Å². The van der Waals surface area contributed by atoms with Crippen molar-refractivity contribution in [3.05, 3.63) is 29.8 Å². The predicted molar refractivity (Wildman–Crippen MR) is 126 cm³/mol. The first-order valence-electron chi connectivity index (χ1n) is 10.7. The molecule has 0 spiro atoms. The summed E-state index contributed by atoms with van der Waals surface area (Å²) in [6, 6.07) is 7.60. The molecule has 30 heavy (non-hydrogen) atoms. The van der Waals surface area contributed by atoms with E-state index in [1.807, 2.05) is 31.2 Å². The molecule has 1 aromatic rings. The molecular weight excluding hydrogens is 398 g/mol. The van der Waals surface area contributed by atoms with E-state index in [2.05, 4.69) is 56.5 Å². The van der Waals surface area contributed by atoms with E-state index in [1.54, 1.807) is 13.8 Å². The Balaban J connectivity index is 2.64. The minimum Gasteiger partial charge on any atom is -0.326 e. The summed E-state index contributed by atoms with van der Waals surface area (Å²) in [5.74, 6) is 0.0226. The van der Waals surface area contributed by atoms with Crippen LogP contribution in [0.4, 0.5) is 5.69 Å². The number of carbonyl (C=O) groups excluding carboxylic acids is 1. The minimum atomic E-state index is -3.27. The van der Waals surface area contributed by atoms with Gasteiger partial charge in [-0.2, -0.15) is 0 Å². The first-order valence-corrected chi connectivity index (χ1v) is 12.2. The highest BCUT2D eigenvalue weighted by molar-refractivity contribution is 7.90. The van der Waals surface area contributed by atoms with Gasteiger partial charge in [0, 0.05) is 36.3 Å². The molecule has 1 unspecified atom stereocenters. The standard InChI is InChI=1S/C23H41N3O3S/c1-17(2)30(28,29)24-16-18(3)19-10-12-20(13-11-19)25-21(27)14-15-26(22(4,5)6)23(7,8)9/h10-13,17-18,24H,14-16H2,1-9H3,(H,25,27). The smallest absolute Gasteiger partial charge is 0.225 e. The van der Waals surface area contributed by atoms with Gasteiger partial charge in [0.25, 0.3) is 0 Å². The molecule has 6 nitrogen and oxygen atoms in total. The van der Waals surface area contributed by atoms with Crippen LogP contribution >= 0.6 is 0 Å². The lowest BCUT2D eigenvalue weighted by molar-refractivity contribution is -0.117. The number of hydrogen-bond acceptors (Lipinski definition) is 4. The van der Waals surface area contributed by atoms with Crippen molar-refractivity contribution in [3.63, 3.8) is 0 Å². The Morgan fingerprint density at radius 3 is 1.90 bits per heavy atom. The number of carbonyl (C=O) groups is 1. The van der Waals surface area contributed by atoms with Crippen molar-refractivity contribution in [2.24, 2.45) is 0 Å². The van der Waals surface area contributed by atoms with Crippen LogP contribution in [0.15, 0.2) is 24.3 Å². The van der Waals surface area contributed by atoms with Crippen molar-refractivity contribution in [1.29, 1.82) is 0 Å². The highest BCUT2D eigenvalue weighted by Crippen LogP contribution is 2.25. The van der Waals surface area contributed by atoms with Gasteiger partial charge in [-0.3, -0.25) is 9.69 Å². The van der Waals surface area contributed by atoms with Gasteiger partial charge in [-0.25, -0.2) is 13.1 Å². The molecule has 0 aromatic heterocycles. The summed E-state index contributed by atoms with van der Waals surface area (Å²) in [5.41, 5.74) is 1.73. The number of benzene rings is 1. The summed E-state index contributed by atoms with van der Waals surface area (Å²) in [7, 11) is -3.27. The highest BCUT2D eigenvalue weighted by Gasteiger charge is 2.31. The Kier molecular flexibility index (Phi) is 9.08. The summed E-state index contributed by atoms with van der Waals surface area (Å²) in [5, 5.41) is 2.51. The fourth-order valence-electron chi connectivity index (χ4n) is 3.53. The lowest BCUT2D eigenvalue weighted by Crippen LogP contribution is -2.53. The molecule has 2 N–H and O–H groups in total. The molecule has 1 rings (SSSR count). The van der Waals surface area contributed by atoms with E-state index in [-0.39, 0.29) is 22.9 Å². The molecule has 7 heteroatoms. The zero-order chi connectivity index (χ0) is 23.3. The molecule has 0 saturated heterocycles. The van der Waals surface area contributed by atoms with Crippen molar-refractivity contribution < 1.29 is 13.2 Å². The quantitative estimate of drug-likeness (QED) is 0.600. The Bertz CT molecular complexity index is 774. The maximum atomic E-state index is 12.5. The molecule has 1 amide bonds. The van der Waals surface area contributed by atoms with Crippen LogP contribution in [-0.4, -0.2) is 48.6 Å². The zero-order valence-electron chi connectivity index (χ0n) is 20.2. The molecule has 1 atom stereocenters. The molecular formula is C23H41N3O3S. The van der Waals surface area contributed by atoms with Gasteiger partial charge in [-0.1, -0.05) is 19.1 Å². The number of nitrogens with one attached hydrogen (secondary N) is 2. The largest absolute Gasteiger partial charge is 0.326 e. The third kappa shape index (κ3) is 8.36. The molecule has 0 radical (unpaired) electrons. The van der Waals surface area contributed by atoms with Gasteiger partial charge >= 0.3 is 0 Å². The third-order valence-corrected chi connectivity index (χ3v) is 6.97. The molecule has 172 valence electrons. The van der Waals surface area contributed by atoms with Crippen molar-refractivity contribution in [3.8, 4) is 0 Å². The average molecular weight is 440 g/mol. The first-order chi connectivity index (χ1) is 13.5. The highest BCUT2D eigenvalue weighted by atomic mass is 32.2. The Morgan fingerprint density at radius 2 is 1.47 bits per heavy atom. The fourth-order valence-corrected chi connectivity index (χ4v) is 4.35. The van der Waals surface area contributed by atoms with E-state index in [9.17, 15) is 13.2 Å². The number of hydrogen-bond donors (Lipinski definition) is 2. The lowest BCUT2D eigenvalue weighted by Gasteiger charge is -2.45. The second kappa shape index (κ2) is 10.2. The molecule has 0 fully saturated rings. The normalized spacial score (nSPS) is 14.2. The van der Waals surface area contributed by atoms with Crippen molar-refractivity contribution >= 4 is 21.6 Å². The number of anilines is 1. The van der Waals surface area contributed by atoms with Crippen molar-refractivity contribution in [2.45, 2.75) is 91.0 Å². The fraction of sp³-hybridized carbons (Fsp3) is 0.696. The van der Waals surface area contributed by atoms with Crippen LogP contribution < -0.4 is 10.0 Å². The van der Waals surface area contributed by atoms with Gasteiger partial charge in [-0.15, -0.1) is 0 Å². The van der Waals surface area contributed by atoms with Crippen molar-refractivity contribution in [2.75, 3.05) is 18.4 Å². The molecule has 0 saturated carbocycles. The Labute approximate surface area is 183 Å². The number of amides is 1. The van der Waals surface area contributed by atoms with Gasteiger partial charge in [-0.05, 0) is 79.0 Å². The maximum Gasteiger partial charge on any atom is 0.225 e. The van der Waals surface area contributed by atoms with Gasteiger partial charge in [0.2, 0.25) is 15.9 Å². The van der Waals surface area contributed by atoms with E-state index in [0.717, 1.165) is 11.3 Å². The summed E-state index contributed by atoms with van der Waals surface area (Å²) in [6.07, 6.45) is 0.420. The van der Waals surface area contributed by atoms with E-state index in [0.29, 0.717) is 19.5 Å². The molecule has 0 bridgehead atoms. The molecule has 0 aliphatic rings. The van der Waals surface area contributed by atoms with Crippen LogP contribution in [0.1, 0.15) is 80.2 Å².